The number of ketones is 2. The molecule has 1 N–H and O–H groups in total. The van der Waals surface area contributed by atoms with E-state index in [1.54, 1.807) is 31.4 Å². The zero-order valence-corrected chi connectivity index (χ0v) is 20.3. The second kappa shape index (κ2) is 7.92. The summed E-state index contributed by atoms with van der Waals surface area (Å²) in [5, 5.41) is 3.04. The molecule has 1 saturated heterocycles. The Morgan fingerprint density at radius 3 is 2.53 bits per heavy atom. The molecule has 3 heterocycles. The van der Waals surface area contributed by atoms with E-state index in [1.165, 1.54) is 6.92 Å². The van der Waals surface area contributed by atoms with Crippen LogP contribution in [0.2, 0.25) is 0 Å². The van der Waals surface area contributed by atoms with E-state index in [0.29, 0.717) is 17.0 Å². The SMILES string of the molecule is COc1cccc(C(=O)C2C(C(C)=O)N3c4ccccc4C(C)=CC3C23C(=O)Nc2ccccc23)c1. The molecular weight excluding hydrogens is 452 g/mol. The summed E-state index contributed by atoms with van der Waals surface area (Å²) < 4.78 is 5.37. The highest BCUT2D eigenvalue weighted by Gasteiger charge is 2.70. The first-order chi connectivity index (χ1) is 17.4. The Hall–Kier alpha value is -4.19. The molecule has 0 aromatic heterocycles. The summed E-state index contributed by atoms with van der Waals surface area (Å²) in [7, 11) is 1.55. The maximum atomic E-state index is 14.4. The number of para-hydroxylation sites is 2. The van der Waals surface area contributed by atoms with Crippen molar-refractivity contribution >= 4 is 34.4 Å². The van der Waals surface area contributed by atoms with Gasteiger partial charge in [-0.25, -0.2) is 0 Å². The zero-order chi connectivity index (χ0) is 25.2. The van der Waals surface area contributed by atoms with E-state index in [-0.39, 0.29) is 17.5 Å². The molecule has 1 fully saturated rings. The largest absolute Gasteiger partial charge is 0.497 e. The van der Waals surface area contributed by atoms with Crippen LogP contribution in [-0.2, 0) is 15.0 Å². The standard InChI is InChI=1S/C30H26N2O4/c1-17-15-25-30(22-12-5-6-13-23(22)31-29(30)35)26(28(34)19-9-8-10-20(16-19)36-3)27(18(2)33)32(25)24-14-7-4-11-21(17)24/h4-16,25-27H,1-3H3,(H,31,35). The van der Waals surface area contributed by atoms with Crippen LogP contribution in [-0.4, -0.2) is 36.7 Å². The molecule has 6 rings (SSSR count). The maximum absolute atomic E-state index is 14.4. The first-order valence-electron chi connectivity index (χ1n) is 12.1. The highest BCUT2D eigenvalue weighted by molar-refractivity contribution is 6.16. The maximum Gasteiger partial charge on any atom is 0.238 e. The van der Waals surface area contributed by atoms with Crippen LogP contribution in [0, 0.1) is 5.92 Å². The zero-order valence-electron chi connectivity index (χ0n) is 20.3. The number of fused-ring (bicyclic) bond motifs is 6. The highest BCUT2D eigenvalue weighted by atomic mass is 16.5. The quantitative estimate of drug-likeness (QED) is 0.553. The monoisotopic (exact) mass is 478 g/mol. The van der Waals surface area contributed by atoms with Crippen molar-refractivity contribution in [2.24, 2.45) is 5.92 Å². The number of amides is 1. The van der Waals surface area contributed by atoms with Gasteiger partial charge in [0.1, 0.15) is 11.2 Å². The van der Waals surface area contributed by atoms with Gasteiger partial charge in [-0.05, 0) is 49.2 Å². The van der Waals surface area contributed by atoms with E-state index < -0.39 is 23.4 Å². The van der Waals surface area contributed by atoms with Gasteiger partial charge in [-0.3, -0.25) is 14.4 Å². The predicted octanol–water partition coefficient (Wildman–Crippen LogP) is 4.65. The van der Waals surface area contributed by atoms with Crippen molar-refractivity contribution in [1.82, 2.24) is 0 Å². The van der Waals surface area contributed by atoms with E-state index >= 15 is 0 Å². The van der Waals surface area contributed by atoms with E-state index in [1.807, 2.05) is 60.4 Å². The minimum Gasteiger partial charge on any atom is -0.497 e. The third-order valence-electron chi connectivity index (χ3n) is 7.94. The smallest absolute Gasteiger partial charge is 0.238 e. The predicted molar refractivity (Wildman–Crippen MR) is 138 cm³/mol. The molecule has 36 heavy (non-hydrogen) atoms. The number of hydrogen-bond acceptors (Lipinski definition) is 5. The Bertz CT molecular complexity index is 1480. The lowest BCUT2D eigenvalue weighted by Gasteiger charge is -2.39. The number of Topliss-reactive ketones (excluding diaryl/α,β-unsaturated/α-hetero) is 2. The minimum absolute atomic E-state index is 0.155. The van der Waals surface area contributed by atoms with E-state index in [4.69, 9.17) is 4.74 Å². The van der Waals surface area contributed by atoms with Gasteiger partial charge in [0, 0.05) is 22.5 Å². The van der Waals surface area contributed by atoms with Crippen LogP contribution >= 0.6 is 0 Å². The van der Waals surface area contributed by atoms with Crippen LogP contribution in [0.4, 0.5) is 11.4 Å². The molecule has 0 bridgehead atoms. The summed E-state index contributed by atoms with van der Waals surface area (Å²) in [6.45, 7) is 3.53. The van der Waals surface area contributed by atoms with Gasteiger partial charge in [0.25, 0.3) is 0 Å². The second-order valence-corrected chi connectivity index (χ2v) is 9.72. The topological polar surface area (TPSA) is 75.7 Å². The van der Waals surface area contributed by atoms with E-state index in [0.717, 1.165) is 22.4 Å². The Kier molecular flexibility index (Phi) is 4.90. The summed E-state index contributed by atoms with van der Waals surface area (Å²) in [5.41, 5.74) is 3.44. The number of methoxy groups -OCH3 is 1. The molecule has 3 aliphatic heterocycles. The lowest BCUT2D eigenvalue weighted by atomic mass is 9.64. The van der Waals surface area contributed by atoms with Gasteiger partial charge < -0.3 is 15.0 Å². The van der Waals surface area contributed by atoms with Gasteiger partial charge in [0.15, 0.2) is 11.6 Å². The Balaban J connectivity index is 1.67. The van der Waals surface area contributed by atoms with Gasteiger partial charge in [0.05, 0.1) is 25.1 Å². The molecule has 3 aromatic carbocycles. The second-order valence-electron chi connectivity index (χ2n) is 9.72. The number of nitrogens with zero attached hydrogens (tertiary/aromatic N) is 1. The minimum atomic E-state index is -1.28. The number of allylic oxidation sites excluding steroid dienone is 1. The van der Waals surface area contributed by atoms with Crippen molar-refractivity contribution in [3.05, 3.63) is 95.6 Å². The molecule has 0 aliphatic carbocycles. The van der Waals surface area contributed by atoms with Crippen molar-refractivity contribution < 1.29 is 19.1 Å². The Morgan fingerprint density at radius 2 is 1.75 bits per heavy atom. The molecule has 4 unspecified atom stereocenters. The number of nitrogens with one attached hydrogen (secondary N) is 1. The van der Waals surface area contributed by atoms with Gasteiger partial charge in [-0.15, -0.1) is 0 Å². The number of carbonyl (C=O) groups is 3. The van der Waals surface area contributed by atoms with Crippen LogP contribution in [0.5, 0.6) is 5.75 Å². The molecule has 6 nitrogen and oxygen atoms in total. The third-order valence-corrected chi connectivity index (χ3v) is 7.94. The molecular formula is C30H26N2O4. The average Bonchev–Trinajstić information content (AvgIpc) is 3.37. The van der Waals surface area contributed by atoms with Gasteiger partial charge in [0.2, 0.25) is 5.91 Å². The summed E-state index contributed by atoms with van der Waals surface area (Å²) in [4.78, 5) is 44.0. The van der Waals surface area contributed by atoms with Gasteiger partial charge in [-0.1, -0.05) is 54.6 Å². The van der Waals surface area contributed by atoms with Crippen LogP contribution in [0.1, 0.15) is 35.3 Å². The number of ether oxygens (including phenoxy) is 1. The molecule has 6 heteroatoms. The molecule has 1 spiro atoms. The summed E-state index contributed by atoms with van der Waals surface area (Å²) in [6, 6.07) is 21.0. The fraction of sp³-hybridized carbons (Fsp3) is 0.233. The first-order valence-corrected chi connectivity index (χ1v) is 12.1. The van der Waals surface area contributed by atoms with Gasteiger partial charge in [-0.2, -0.15) is 0 Å². The molecule has 180 valence electrons. The normalized spacial score (nSPS) is 25.5. The Morgan fingerprint density at radius 1 is 1.00 bits per heavy atom. The van der Waals surface area contributed by atoms with E-state index in [9.17, 15) is 14.4 Å². The number of rotatable bonds is 4. The van der Waals surface area contributed by atoms with Crippen LogP contribution < -0.4 is 15.0 Å². The lowest BCUT2D eigenvalue weighted by Crippen LogP contribution is -2.51. The van der Waals surface area contributed by atoms with Crippen LogP contribution in [0.15, 0.2) is 78.9 Å². The van der Waals surface area contributed by atoms with Crippen molar-refractivity contribution in [3.63, 3.8) is 0 Å². The molecule has 3 aliphatic rings. The molecule has 0 radical (unpaired) electrons. The average molecular weight is 479 g/mol. The van der Waals surface area contributed by atoms with Crippen LogP contribution in [0.25, 0.3) is 5.57 Å². The number of benzene rings is 3. The molecule has 1 amide bonds. The van der Waals surface area contributed by atoms with E-state index in [2.05, 4.69) is 11.4 Å². The first kappa shape index (κ1) is 22.3. The number of anilines is 2. The molecule has 0 saturated carbocycles. The number of carbonyl (C=O) groups excluding carboxylic acids is 3. The molecule has 3 aromatic rings. The van der Waals surface area contributed by atoms with Crippen molar-refractivity contribution in [2.45, 2.75) is 31.3 Å². The summed E-state index contributed by atoms with van der Waals surface area (Å²) >= 11 is 0. The number of hydrogen-bond donors (Lipinski definition) is 1. The van der Waals surface area contributed by atoms with Crippen molar-refractivity contribution in [3.8, 4) is 5.75 Å². The molecule has 4 atom stereocenters. The van der Waals surface area contributed by atoms with Crippen molar-refractivity contribution in [1.29, 1.82) is 0 Å². The van der Waals surface area contributed by atoms with Gasteiger partial charge >= 0.3 is 0 Å². The summed E-state index contributed by atoms with van der Waals surface area (Å²) in [5.74, 6) is -1.06. The Labute approximate surface area is 209 Å². The third kappa shape index (κ3) is 2.81. The van der Waals surface area contributed by atoms with Crippen LogP contribution in [0.3, 0.4) is 0 Å². The highest BCUT2D eigenvalue weighted by Crippen LogP contribution is 2.58. The fourth-order valence-electron chi connectivity index (χ4n) is 6.50. The fourth-order valence-corrected chi connectivity index (χ4v) is 6.50. The lowest BCUT2D eigenvalue weighted by molar-refractivity contribution is -0.122. The van der Waals surface area contributed by atoms with Crippen molar-refractivity contribution in [2.75, 3.05) is 17.3 Å². The summed E-state index contributed by atoms with van der Waals surface area (Å²) in [6.07, 6.45) is 2.05.